The van der Waals surface area contributed by atoms with Crippen molar-refractivity contribution < 1.29 is 4.39 Å². The number of likely N-dealkylation sites (N-methyl/N-ethyl adjacent to an activating group) is 1. The third-order valence-electron chi connectivity index (χ3n) is 2.12. The highest BCUT2D eigenvalue weighted by atomic mass is 19.1. The summed E-state index contributed by atoms with van der Waals surface area (Å²) in [6.07, 6.45) is 0.957. The minimum atomic E-state index is -0.169. The maximum atomic E-state index is 12.6. The second kappa shape index (κ2) is 5.73. The fourth-order valence-corrected chi connectivity index (χ4v) is 1.32. The van der Waals surface area contributed by atoms with Crippen LogP contribution in [0.5, 0.6) is 0 Å². The molecule has 0 atom stereocenters. The number of hydrogen-bond acceptors (Lipinski definition) is 2. The minimum absolute atomic E-state index is 0.169. The molecule has 0 saturated carbocycles. The van der Waals surface area contributed by atoms with Crippen LogP contribution in [0.4, 0.5) is 4.39 Å². The lowest BCUT2D eigenvalue weighted by atomic mass is 10.1. The summed E-state index contributed by atoms with van der Waals surface area (Å²) in [6.45, 7) is 1.85. The van der Waals surface area contributed by atoms with Crippen LogP contribution in [-0.4, -0.2) is 32.2 Å². The number of nitrogens with one attached hydrogen (secondary N) is 1. The smallest absolute Gasteiger partial charge is 0.123 e. The van der Waals surface area contributed by atoms with Crippen molar-refractivity contribution in [2.24, 2.45) is 0 Å². The molecule has 0 aromatic heterocycles. The van der Waals surface area contributed by atoms with Gasteiger partial charge in [0.25, 0.3) is 0 Å². The zero-order chi connectivity index (χ0) is 10.4. The van der Waals surface area contributed by atoms with Crippen molar-refractivity contribution in [3.05, 3.63) is 35.6 Å². The van der Waals surface area contributed by atoms with Gasteiger partial charge in [-0.2, -0.15) is 0 Å². The van der Waals surface area contributed by atoms with E-state index in [1.54, 1.807) is 0 Å². The third-order valence-corrected chi connectivity index (χ3v) is 2.12. The molecule has 3 heteroatoms. The zero-order valence-corrected chi connectivity index (χ0v) is 8.76. The Hall–Kier alpha value is -0.930. The van der Waals surface area contributed by atoms with Gasteiger partial charge in [-0.3, -0.25) is 4.90 Å². The monoisotopic (exact) mass is 196 g/mol. The average Bonchev–Trinajstić information content (AvgIpc) is 2.17. The molecular weight excluding hydrogens is 179 g/mol. The molecule has 1 aromatic carbocycles. The molecule has 0 aliphatic carbocycles. The van der Waals surface area contributed by atoms with Gasteiger partial charge in [0.15, 0.2) is 0 Å². The van der Waals surface area contributed by atoms with Gasteiger partial charge < -0.3 is 5.32 Å². The van der Waals surface area contributed by atoms with E-state index >= 15 is 0 Å². The quantitative estimate of drug-likeness (QED) is 0.718. The Morgan fingerprint density at radius 1 is 1.29 bits per heavy atom. The van der Waals surface area contributed by atoms with E-state index in [2.05, 4.69) is 17.3 Å². The summed E-state index contributed by atoms with van der Waals surface area (Å²) in [7, 11) is 3.98. The van der Waals surface area contributed by atoms with Crippen LogP contribution in [0.3, 0.4) is 0 Å². The van der Waals surface area contributed by atoms with E-state index in [1.807, 2.05) is 19.2 Å². The van der Waals surface area contributed by atoms with E-state index in [0.717, 1.165) is 19.6 Å². The molecule has 2 nitrogen and oxygen atoms in total. The Morgan fingerprint density at radius 2 is 1.93 bits per heavy atom. The van der Waals surface area contributed by atoms with Crippen molar-refractivity contribution >= 4 is 0 Å². The van der Waals surface area contributed by atoms with Crippen molar-refractivity contribution in [1.29, 1.82) is 0 Å². The first kappa shape index (κ1) is 11.1. The van der Waals surface area contributed by atoms with E-state index < -0.39 is 0 Å². The minimum Gasteiger partial charge on any atom is -0.307 e. The van der Waals surface area contributed by atoms with Crippen molar-refractivity contribution in [3.8, 4) is 0 Å². The molecule has 0 aliphatic rings. The van der Waals surface area contributed by atoms with Crippen LogP contribution in [0.1, 0.15) is 5.56 Å². The molecule has 0 spiro atoms. The lowest BCUT2D eigenvalue weighted by Crippen LogP contribution is -2.30. The fraction of sp³-hybridized carbons (Fsp3) is 0.455. The molecule has 0 bridgehead atoms. The van der Waals surface area contributed by atoms with Crippen molar-refractivity contribution in [2.75, 3.05) is 27.3 Å². The molecule has 0 unspecified atom stereocenters. The Balaban J connectivity index is 2.34. The summed E-state index contributed by atoms with van der Waals surface area (Å²) in [5.41, 5.74) is 1.18. The maximum absolute atomic E-state index is 12.6. The summed E-state index contributed by atoms with van der Waals surface area (Å²) in [5.74, 6) is -0.169. The van der Waals surface area contributed by atoms with Gasteiger partial charge in [0.1, 0.15) is 5.82 Å². The van der Waals surface area contributed by atoms with Gasteiger partial charge in [0, 0.05) is 13.2 Å². The van der Waals surface area contributed by atoms with Crippen molar-refractivity contribution in [3.63, 3.8) is 0 Å². The van der Waals surface area contributed by atoms with Gasteiger partial charge in [0.2, 0.25) is 0 Å². The van der Waals surface area contributed by atoms with E-state index in [4.69, 9.17) is 0 Å². The largest absolute Gasteiger partial charge is 0.307 e. The van der Waals surface area contributed by atoms with Crippen LogP contribution in [0.2, 0.25) is 0 Å². The number of hydrogen-bond donors (Lipinski definition) is 1. The van der Waals surface area contributed by atoms with Gasteiger partial charge in [-0.05, 0) is 38.2 Å². The molecule has 0 radical (unpaired) electrons. The number of benzene rings is 1. The summed E-state index contributed by atoms with van der Waals surface area (Å²) in [6, 6.07) is 6.69. The van der Waals surface area contributed by atoms with Crippen molar-refractivity contribution in [2.45, 2.75) is 6.42 Å². The Morgan fingerprint density at radius 3 is 2.50 bits per heavy atom. The summed E-state index contributed by atoms with van der Waals surface area (Å²) >= 11 is 0. The third kappa shape index (κ3) is 3.85. The summed E-state index contributed by atoms with van der Waals surface area (Å²) < 4.78 is 12.6. The van der Waals surface area contributed by atoms with Gasteiger partial charge in [-0.1, -0.05) is 12.1 Å². The lowest BCUT2D eigenvalue weighted by Gasteiger charge is -2.15. The van der Waals surface area contributed by atoms with Crippen LogP contribution in [0, 0.1) is 5.82 Å². The van der Waals surface area contributed by atoms with Crippen molar-refractivity contribution in [1.82, 2.24) is 10.2 Å². The van der Waals surface area contributed by atoms with Gasteiger partial charge in [-0.25, -0.2) is 4.39 Å². The van der Waals surface area contributed by atoms with Crippen LogP contribution >= 0.6 is 0 Å². The topological polar surface area (TPSA) is 15.3 Å². The maximum Gasteiger partial charge on any atom is 0.123 e. The number of rotatable bonds is 5. The molecule has 1 aromatic rings. The normalized spacial score (nSPS) is 10.9. The van der Waals surface area contributed by atoms with E-state index in [0.29, 0.717) is 0 Å². The SMILES string of the molecule is CNCN(C)CCc1ccc(F)cc1. The molecule has 0 heterocycles. The molecule has 0 saturated heterocycles. The molecule has 14 heavy (non-hydrogen) atoms. The highest BCUT2D eigenvalue weighted by molar-refractivity contribution is 5.16. The molecule has 0 fully saturated rings. The predicted octanol–water partition coefficient (Wildman–Crippen LogP) is 1.48. The van der Waals surface area contributed by atoms with Crippen LogP contribution in [0.15, 0.2) is 24.3 Å². The highest BCUT2D eigenvalue weighted by Gasteiger charge is 1.97. The van der Waals surface area contributed by atoms with E-state index in [-0.39, 0.29) is 5.82 Å². The van der Waals surface area contributed by atoms with Crippen LogP contribution in [0.25, 0.3) is 0 Å². The molecule has 78 valence electrons. The molecule has 1 rings (SSSR count). The van der Waals surface area contributed by atoms with E-state index in [9.17, 15) is 4.39 Å². The molecule has 1 N–H and O–H groups in total. The first-order valence-corrected chi connectivity index (χ1v) is 4.80. The lowest BCUT2D eigenvalue weighted by molar-refractivity contribution is 0.321. The standard InChI is InChI=1S/C11H17FN2/c1-13-9-14(2)8-7-10-3-5-11(12)6-4-10/h3-6,13H,7-9H2,1-2H3. The highest BCUT2D eigenvalue weighted by Crippen LogP contribution is 2.03. The number of halogens is 1. The molecular formula is C11H17FN2. The predicted molar refractivity (Wildman–Crippen MR) is 56.7 cm³/mol. The van der Waals surface area contributed by atoms with Gasteiger partial charge in [-0.15, -0.1) is 0 Å². The van der Waals surface area contributed by atoms with E-state index in [1.165, 1.54) is 17.7 Å². The fourth-order valence-electron chi connectivity index (χ4n) is 1.32. The first-order chi connectivity index (χ1) is 6.72. The first-order valence-electron chi connectivity index (χ1n) is 4.80. The average molecular weight is 196 g/mol. The second-order valence-electron chi connectivity index (χ2n) is 3.47. The molecule has 0 amide bonds. The summed E-state index contributed by atoms with van der Waals surface area (Å²) in [4.78, 5) is 2.18. The van der Waals surface area contributed by atoms with Crippen LogP contribution < -0.4 is 5.32 Å². The Labute approximate surface area is 84.7 Å². The Kier molecular flexibility index (Phi) is 4.56. The van der Waals surface area contributed by atoms with Gasteiger partial charge >= 0.3 is 0 Å². The van der Waals surface area contributed by atoms with Gasteiger partial charge in [0.05, 0.1) is 0 Å². The number of nitrogens with zero attached hydrogens (tertiary/aromatic N) is 1. The van der Waals surface area contributed by atoms with Crippen LogP contribution in [-0.2, 0) is 6.42 Å². The second-order valence-corrected chi connectivity index (χ2v) is 3.47. The Bertz CT molecular complexity index is 258. The summed E-state index contributed by atoms with van der Waals surface area (Å²) in [5, 5.41) is 3.08. The molecule has 0 aliphatic heterocycles. The zero-order valence-electron chi connectivity index (χ0n) is 8.76.